The van der Waals surface area contributed by atoms with Crippen molar-refractivity contribution in [3.63, 3.8) is 0 Å². The average Bonchev–Trinajstić information content (AvgIpc) is 2.98. The molecule has 5 rings (SSSR count). The summed E-state index contributed by atoms with van der Waals surface area (Å²) in [4.78, 5) is 24.8. The molecule has 2 aliphatic heterocycles. The van der Waals surface area contributed by atoms with Gasteiger partial charge < -0.3 is 14.2 Å². The summed E-state index contributed by atoms with van der Waals surface area (Å²) in [5.74, 6) is 2.14. The minimum atomic E-state index is -0.106. The molecule has 2 aromatic carbocycles. The van der Waals surface area contributed by atoms with E-state index >= 15 is 0 Å². The summed E-state index contributed by atoms with van der Waals surface area (Å²) >= 11 is 0. The monoisotopic (exact) mass is 544 g/mol. The molecule has 2 heterocycles. The number of carbonyl (C=O) groups is 2. The summed E-state index contributed by atoms with van der Waals surface area (Å²) < 4.78 is 16.9. The van der Waals surface area contributed by atoms with Gasteiger partial charge in [-0.05, 0) is 73.7 Å². The van der Waals surface area contributed by atoms with Crippen molar-refractivity contribution >= 4 is 23.2 Å². The fourth-order valence-electron chi connectivity index (χ4n) is 5.54. The van der Waals surface area contributed by atoms with Gasteiger partial charge in [0.05, 0.1) is 38.2 Å². The molecule has 0 bridgehead atoms. The predicted molar refractivity (Wildman–Crippen MR) is 153 cm³/mol. The molecule has 0 aromatic heterocycles. The summed E-state index contributed by atoms with van der Waals surface area (Å²) in [7, 11) is 3.24. The van der Waals surface area contributed by atoms with Crippen LogP contribution in [0.3, 0.4) is 0 Å². The van der Waals surface area contributed by atoms with Gasteiger partial charge in [-0.1, -0.05) is 19.1 Å². The van der Waals surface area contributed by atoms with Crippen LogP contribution < -0.4 is 19.6 Å². The Morgan fingerprint density at radius 3 is 2.35 bits per heavy atom. The Labute approximate surface area is 234 Å². The maximum Gasteiger partial charge on any atom is 0.246 e. The summed E-state index contributed by atoms with van der Waals surface area (Å²) in [6, 6.07) is 13.6. The van der Waals surface area contributed by atoms with Gasteiger partial charge in [0, 0.05) is 30.4 Å². The lowest BCUT2D eigenvalue weighted by molar-refractivity contribution is -0.138. The van der Waals surface area contributed by atoms with Gasteiger partial charge in [0.1, 0.15) is 5.75 Å². The molecule has 3 atom stereocenters. The van der Waals surface area contributed by atoms with Crippen molar-refractivity contribution in [1.29, 1.82) is 0 Å². The van der Waals surface area contributed by atoms with Crippen LogP contribution in [0.2, 0.25) is 0 Å². The molecule has 0 saturated carbocycles. The predicted octanol–water partition coefficient (Wildman–Crippen LogP) is 4.55. The fourth-order valence-corrected chi connectivity index (χ4v) is 5.54. The molecule has 3 unspecified atom stereocenters. The van der Waals surface area contributed by atoms with Gasteiger partial charge in [0.25, 0.3) is 0 Å². The first-order chi connectivity index (χ1) is 19.5. The smallest absolute Gasteiger partial charge is 0.246 e. The Morgan fingerprint density at radius 1 is 0.900 bits per heavy atom. The maximum atomic E-state index is 13.3. The Kier molecular flexibility index (Phi) is 8.48. The van der Waals surface area contributed by atoms with E-state index in [1.807, 2.05) is 49.4 Å². The lowest BCUT2D eigenvalue weighted by Crippen LogP contribution is -2.45. The molecule has 0 radical (unpaired) electrons. The number of ether oxygens (including phenoxy) is 3. The van der Waals surface area contributed by atoms with E-state index in [0.29, 0.717) is 31.1 Å². The highest BCUT2D eigenvalue weighted by Gasteiger charge is 2.40. The normalized spacial score (nSPS) is 22.2. The van der Waals surface area contributed by atoms with Gasteiger partial charge in [-0.3, -0.25) is 9.59 Å². The third-order valence-electron chi connectivity index (χ3n) is 7.71. The number of fused-ring (bicyclic) bond motifs is 1. The highest BCUT2D eigenvalue weighted by Crippen LogP contribution is 2.37. The number of benzene rings is 2. The molecule has 210 valence electrons. The van der Waals surface area contributed by atoms with E-state index in [1.165, 1.54) is 0 Å². The molecular formula is C31H36N4O5. The third-order valence-corrected chi connectivity index (χ3v) is 7.71. The number of nitrogens with zero attached hydrogens (tertiary/aromatic N) is 3. The van der Waals surface area contributed by atoms with Crippen molar-refractivity contribution in [1.82, 2.24) is 10.4 Å². The summed E-state index contributed by atoms with van der Waals surface area (Å²) in [5, 5.41) is 10.7. The number of unbranched alkanes of at least 4 members (excludes halogenated alkanes) is 1. The van der Waals surface area contributed by atoms with E-state index in [4.69, 9.17) is 19.3 Å². The van der Waals surface area contributed by atoms with Crippen LogP contribution in [0.1, 0.15) is 50.2 Å². The Bertz CT molecular complexity index is 1330. The van der Waals surface area contributed by atoms with Gasteiger partial charge in [0.15, 0.2) is 11.5 Å². The van der Waals surface area contributed by atoms with Crippen LogP contribution in [0.5, 0.6) is 17.2 Å². The van der Waals surface area contributed by atoms with Crippen molar-refractivity contribution in [2.45, 2.75) is 39.0 Å². The van der Waals surface area contributed by atoms with Crippen LogP contribution in [-0.2, 0) is 9.59 Å². The lowest BCUT2D eigenvalue weighted by atomic mass is 9.76. The first kappa shape index (κ1) is 27.4. The van der Waals surface area contributed by atoms with Crippen molar-refractivity contribution < 1.29 is 23.8 Å². The van der Waals surface area contributed by atoms with E-state index in [0.717, 1.165) is 54.0 Å². The molecule has 2 amide bonds. The van der Waals surface area contributed by atoms with Gasteiger partial charge in [-0.2, -0.15) is 10.2 Å². The number of allylic oxidation sites excluding steroid dienone is 2. The number of rotatable bonds is 10. The second-order valence-electron chi connectivity index (χ2n) is 10.4. The molecule has 40 heavy (non-hydrogen) atoms. The van der Waals surface area contributed by atoms with Crippen LogP contribution >= 0.6 is 0 Å². The van der Waals surface area contributed by atoms with Crippen molar-refractivity contribution in [2.75, 3.05) is 27.4 Å². The number of hydrogen-bond donors (Lipinski definition) is 1. The minimum Gasteiger partial charge on any atom is -0.494 e. The van der Waals surface area contributed by atoms with E-state index in [-0.39, 0.29) is 29.6 Å². The molecule has 0 spiro atoms. The molecule has 9 nitrogen and oxygen atoms in total. The van der Waals surface area contributed by atoms with Crippen LogP contribution in [0.25, 0.3) is 0 Å². The number of methoxy groups -OCH3 is 2. The van der Waals surface area contributed by atoms with Gasteiger partial charge >= 0.3 is 0 Å². The zero-order chi connectivity index (χ0) is 28.1. The number of hydrogen-bond acceptors (Lipinski definition) is 7. The third kappa shape index (κ3) is 5.88. The van der Waals surface area contributed by atoms with E-state index < -0.39 is 0 Å². The molecular weight excluding hydrogens is 508 g/mol. The van der Waals surface area contributed by atoms with Crippen molar-refractivity contribution in [3.05, 3.63) is 65.7 Å². The molecule has 2 aromatic rings. The number of amides is 2. The number of carbonyl (C=O) groups excluding carboxylic acids is 2. The summed E-state index contributed by atoms with van der Waals surface area (Å²) in [6.45, 7) is 3.07. The zero-order valence-electron chi connectivity index (χ0n) is 23.3. The second-order valence-corrected chi connectivity index (χ2v) is 10.4. The van der Waals surface area contributed by atoms with Crippen LogP contribution in [-0.4, -0.2) is 55.6 Å². The van der Waals surface area contributed by atoms with Gasteiger partial charge in [0.2, 0.25) is 11.8 Å². The first-order valence-electron chi connectivity index (χ1n) is 13.9. The zero-order valence-corrected chi connectivity index (χ0v) is 23.3. The Morgan fingerprint density at radius 2 is 1.62 bits per heavy atom. The molecule has 0 saturated heterocycles. The maximum absolute atomic E-state index is 13.3. The summed E-state index contributed by atoms with van der Waals surface area (Å²) in [5.41, 5.74) is 6.27. The highest BCUT2D eigenvalue weighted by atomic mass is 16.5. The second kappa shape index (κ2) is 12.4. The van der Waals surface area contributed by atoms with Crippen molar-refractivity contribution in [3.8, 4) is 17.2 Å². The SMILES string of the molecule is COc1ccc(C2=NN(CCCCOc3ccc(C4=NNC(=O)CC4C)cc3)C(=O)C3CC=CCC23)cc1OC. The Balaban J connectivity index is 1.19. The van der Waals surface area contributed by atoms with Gasteiger partial charge in [-0.15, -0.1) is 0 Å². The lowest BCUT2D eigenvalue weighted by Gasteiger charge is -2.37. The van der Waals surface area contributed by atoms with Crippen LogP contribution in [0.4, 0.5) is 0 Å². The largest absolute Gasteiger partial charge is 0.494 e. The minimum absolute atomic E-state index is 0.0528. The van der Waals surface area contributed by atoms with E-state index in [9.17, 15) is 9.59 Å². The quantitative estimate of drug-likeness (QED) is 0.349. The fraction of sp³-hybridized carbons (Fsp3) is 0.419. The van der Waals surface area contributed by atoms with E-state index in [2.05, 4.69) is 22.7 Å². The molecule has 3 aliphatic rings. The number of hydrazone groups is 2. The van der Waals surface area contributed by atoms with Crippen molar-refractivity contribution in [2.24, 2.45) is 28.0 Å². The molecule has 1 aliphatic carbocycles. The molecule has 0 fully saturated rings. The van der Waals surface area contributed by atoms with Gasteiger partial charge in [-0.25, -0.2) is 10.4 Å². The highest BCUT2D eigenvalue weighted by molar-refractivity contribution is 6.07. The standard InChI is InChI=1S/C31H36N4O5/c1-20-18-28(36)32-33-29(20)21-10-13-23(14-11-21)40-17-7-6-16-35-31(37)25-9-5-4-8-24(25)30(34-35)22-12-15-26(38-2)27(19-22)39-3/h4-5,10-15,19-20,24-25H,6-9,16-18H2,1-3H3,(H,32,36). The molecule has 1 N–H and O–H groups in total. The topological polar surface area (TPSA) is 102 Å². The van der Waals surface area contributed by atoms with Crippen LogP contribution in [0, 0.1) is 17.8 Å². The Hall–Kier alpha value is -4.14. The summed E-state index contributed by atoms with van der Waals surface area (Å²) in [6.07, 6.45) is 7.77. The van der Waals surface area contributed by atoms with E-state index in [1.54, 1.807) is 19.2 Å². The van der Waals surface area contributed by atoms with Crippen LogP contribution in [0.15, 0.2) is 64.8 Å². The first-order valence-corrected chi connectivity index (χ1v) is 13.9. The molecule has 9 heteroatoms. The average molecular weight is 545 g/mol. The number of nitrogens with one attached hydrogen (secondary N) is 1.